The summed E-state index contributed by atoms with van der Waals surface area (Å²) in [6.07, 6.45) is 5.89. The van der Waals surface area contributed by atoms with Gasteiger partial charge in [0.2, 0.25) is 5.91 Å². The van der Waals surface area contributed by atoms with E-state index in [1.165, 1.54) is 16.5 Å². The van der Waals surface area contributed by atoms with Gasteiger partial charge in [0.05, 0.1) is 5.02 Å². The van der Waals surface area contributed by atoms with Crippen molar-refractivity contribution in [1.82, 2.24) is 15.3 Å². The molecule has 2 N–H and O–H groups in total. The van der Waals surface area contributed by atoms with Gasteiger partial charge >= 0.3 is 0 Å². The first-order valence-corrected chi connectivity index (χ1v) is 9.70. The van der Waals surface area contributed by atoms with Crippen molar-refractivity contribution in [2.75, 3.05) is 18.0 Å². The highest BCUT2D eigenvalue weighted by molar-refractivity contribution is 6.32. The number of halogens is 1. The molecule has 1 aliphatic rings. The Labute approximate surface area is 163 Å². The Hall–Kier alpha value is -2.53. The monoisotopic (exact) mass is 382 g/mol. The summed E-state index contributed by atoms with van der Waals surface area (Å²) >= 11 is 6.23. The van der Waals surface area contributed by atoms with E-state index in [0.717, 1.165) is 37.3 Å². The van der Waals surface area contributed by atoms with Gasteiger partial charge in [0.15, 0.2) is 0 Å². The number of aromatic nitrogens is 2. The molecular formula is C21H23ClN4O. The minimum atomic E-state index is 0.0935. The highest BCUT2D eigenvalue weighted by Gasteiger charge is 2.25. The Morgan fingerprint density at radius 2 is 2.26 bits per heavy atom. The van der Waals surface area contributed by atoms with Crippen molar-refractivity contribution < 1.29 is 4.79 Å². The lowest BCUT2D eigenvalue weighted by atomic mass is 10.1. The maximum absolute atomic E-state index is 12.4. The van der Waals surface area contributed by atoms with Crippen LogP contribution in [0, 0.1) is 6.92 Å². The third-order valence-corrected chi connectivity index (χ3v) is 5.52. The van der Waals surface area contributed by atoms with E-state index in [1.54, 1.807) is 6.20 Å². The lowest BCUT2D eigenvalue weighted by Crippen LogP contribution is -2.37. The molecule has 1 aromatic carbocycles. The van der Waals surface area contributed by atoms with Crippen LogP contribution in [0.4, 0.5) is 5.82 Å². The summed E-state index contributed by atoms with van der Waals surface area (Å²) in [7, 11) is 0. The first-order valence-electron chi connectivity index (χ1n) is 9.32. The van der Waals surface area contributed by atoms with Crippen molar-refractivity contribution in [2.24, 2.45) is 0 Å². The van der Waals surface area contributed by atoms with Gasteiger partial charge in [-0.1, -0.05) is 29.8 Å². The number of H-pyrrole nitrogens is 1. The Bertz CT molecular complexity index is 968. The fraction of sp³-hybridized carbons (Fsp3) is 0.333. The summed E-state index contributed by atoms with van der Waals surface area (Å²) in [4.78, 5) is 22.2. The van der Waals surface area contributed by atoms with Crippen LogP contribution in [-0.2, 0) is 11.2 Å². The number of amides is 1. The SMILES string of the molecule is Cc1cccc2c(CCC(=O)NC3CCN(c4ncccc4Cl)C3)c[nH]c12. The Morgan fingerprint density at radius 1 is 1.37 bits per heavy atom. The predicted molar refractivity (Wildman–Crippen MR) is 109 cm³/mol. The maximum atomic E-state index is 12.4. The summed E-state index contributed by atoms with van der Waals surface area (Å²) < 4.78 is 0. The molecule has 2 aromatic heterocycles. The molecule has 140 valence electrons. The van der Waals surface area contributed by atoms with Crippen LogP contribution in [0.2, 0.25) is 5.02 Å². The summed E-state index contributed by atoms with van der Waals surface area (Å²) in [5.74, 6) is 0.890. The molecule has 0 radical (unpaired) electrons. The molecule has 3 heterocycles. The topological polar surface area (TPSA) is 61.0 Å². The number of hydrogen-bond donors (Lipinski definition) is 2. The summed E-state index contributed by atoms with van der Waals surface area (Å²) in [6.45, 7) is 3.69. The molecule has 0 spiro atoms. The second-order valence-corrected chi connectivity index (χ2v) is 7.53. The van der Waals surface area contributed by atoms with Gasteiger partial charge in [-0.15, -0.1) is 0 Å². The molecule has 0 saturated carbocycles. The maximum Gasteiger partial charge on any atom is 0.220 e. The van der Waals surface area contributed by atoms with E-state index >= 15 is 0 Å². The fourth-order valence-corrected chi connectivity index (χ4v) is 4.04. The Balaban J connectivity index is 1.32. The molecule has 5 nitrogen and oxygen atoms in total. The van der Waals surface area contributed by atoms with Crippen LogP contribution in [0.25, 0.3) is 10.9 Å². The summed E-state index contributed by atoms with van der Waals surface area (Å²) in [5.41, 5.74) is 3.58. The third kappa shape index (κ3) is 3.78. The second kappa shape index (κ2) is 7.61. The van der Waals surface area contributed by atoms with Crippen molar-refractivity contribution in [3.05, 3.63) is 58.9 Å². The van der Waals surface area contributed by atoms with Crippen molar-refractivity contribution in [3.8, 4) is 0 Å². The molecule has 1 fully saturated rings. The predicted octanol–water partition coefficient (Wildman–Crippen LogP) is 3.85. The molecule has 1 atom stereocenters. The van der Waals surface area contributed by atoms with E-state index in [4.69, 9.17) is 11.6 Å². The van der Waals surface area contributed by atoms with Crippen molar-refractivity contribution in [3.63, 3.8) is 0 Å². The first-order chi connectivity index (χ1) is 13.1. The first kappa shape index (κ1) is 17.9. The van der Waals surface area contributed by atoms with Crippen LogP contribution >= 0.6 is 11.6 Å². The normalized spacial score (nSPS) is 16.8. The van der Waals surface area contributed by atoms with Crippen LogP contribution in [0.1, 0.15) is 24.0 Å². The van der Waals surface area contributed by atoms with Gasteiger partial charge in [0, 0.05) is 48.8 Å². The minimum absolute atomic E-state index is 0.0935. The number of fused-ring (bicyclic) bond motifs is 1. The number of nitrogens with zero attached hydrogens (tertiary/aromatic N) is 2. The number of carbonyl (C=O) groups is 1. The lowest BCUT2D eigenvalue weighted by Gasteiger charge is -2.18. The zero-order valence-electron chi connectivity index (χ0n) is 15.3. The number of anilines is 1. The standard InChI is InChI=1S/C21H23ClN4O/c1-14-4-2-5-17-15(12-24-20(14)17)7-8-19(27)25-16-9-11-26(13-16)21-18(22)6-3-10-23-21/h2-6,10,12,16,24H,7-9,11,13H2,1H3,(H,25,27). The summed E-state index contributed by atoms with van der Waals surface area (Å²) in [5, 5.41) is 5.02. The zero-order chi connectivity index (χ0) is 18.8. The molecule has 6 heteroatoms. The lowest BCUT2D eigenvalue weighted by molar-refractivity contribution is -0.121. The highest BCUT2D eigenvalue weighted by Crippen LogP contribution is 2.26. The van der Waals surface area contributed by atoms with Crippen molar-refractivity contribution >= 4 is 34.2 Å². The molecule has 1 amide bonds. The molecule has 1 unspecified atom stereocenters. The van der Waals surface area contributed by atoms with Gasteiger partial charge in [-0.05, 0) is 43.0 Å². The largest absolute Gasteiger partial charge is 0.361 e. The third-order valence-electron chi connectivity index (χ3n) is 5.22. The average molecular weight is 383 g/mol. The van der Waals surface area contributed by atoms with Gasteiger partial charge in [-0.25, -0.2) is 4.98 Å². The molecule has 0 bridgehead atoms. The zero-order valence-corrected chi connectivity index (χ0v) is 16.1. The number of aromatic amines is 1. The van der Waals surface area contributed by atoms with E-state index in [9.17, 15) is 4.79 Å². The van der Waals surface area contributed by atoms with Gasteiger partial charge in [-0.2, -0.15) is 0 Å². The number of para-hydroxylation sites is 1. The second-order valence-electron chi connectivity index (χ2n) is 7.12. The average Bonchev–Trinajstić information content (AvgIpc) is 3.28. The fourth-order valence-electron chi connectivity index (χ4n) is 3.80. The van der Waals surface area contributed by atoms with Crippen LogP contribution in [0.3, 0.4) is 0 Å². The van der Waals surface area contributed by atoms with Gasteiger partial charge in [0.25, 0.3) is 0 Å². The van der Waals surface area contributed by atoms with Crippen LogP contribution in [0.5, 0.6) is 0 Å². The molecule has 4 rings (SSSR count). The number of benzene rings is 1. The van der Waals surface area contributed by atoms with E-state index < -0.39 is 0 Å². The van der Waals surface area contributed by atoms with E-state index in [0.29, 0.717) is 11.4 Å². The van der Waals surface area contributed by atoms with Crippen LogP contribution in [-0.4, -0.2) is 35.0 Å². The van der Waals surface area contributed by atoms with Gasteiger partial charge < -0.3 is 15.2 Å². The van der Waals surface area contributed by atoms with E-state index in [2.05, 4.69) is 45.3 Å². The van der Waals surface area contributed by atoms with Gasteiger partial charge in [0.1, 0.15) is 5.82 Å². The molecule has 3 aromatic rings. The van der Waals surface area contributed by atoms with E-state index in [1.807, 2.05) is 18.3 Å². The summed E-state index contributed by atoms with van der Waals surface area (Å²) in [6, 6.07) is 10.1. The number of rotatable bonds is 5. The highest BCUT2D eigenvalue weighted by atomic mass is 35.5. The number of hydrogen-bond acceptors (Lipinski definition) is 3. The van der Waals surface area contributed by atoms with E-state index in [-0.39, 0.29) is 11.9 Å². The van der Waals surface area contributed by atoms with Crippen LogP contribution in [0.15, 0.2) is 42.7 Å². The number of aryl methyl sites for hydroxylation is 2. The molecule has 1 aliphatic heterocycles. The molecule has 1 saturated heterocycles. The molecule has 27 heavy (non-hydrogen) atoms. The minimum Gasteiger partial charge on any atom is -0.361 e. The molecular weight excluding hydrogens is 360 g/mol. The van der Waals surface area contributed by atoms with Crippen molar-refractivity contribution in [1.29, 1.82) is 0 Å². The molecule has 0 aliphatic carbocycles. The van der Waals surface area contributed by atoms with Crippen LogP contribution < -0.4 is 10.2 Å². The van der Waals surface area contributed by atoms with Gasteiger partial charge in [-0.3, -0.25) is 4.79 Å². The number of carbonyl (C=O) groups excluding carboxylic acids is 1. The van der Waals surface area contributed by atoms with Crippen molar-refractivity contribution in [2.45, 2.75) is 32.2 Å². The smallest absolute Gasteiger partial charge is 0.220 e. The Kier molecular flexibility index (Phi) is 5.03. The number of pyridine rings is 1. The quantitative estimate of drug-likeness (QED) is 0.704. The number of nitrogens with one attached hydrogen (secondary N) is 2. The Morgan fingerprint density at radius 3 is 3.11 bits per heavy atom.